The van der Waals surface area contributed by atoms with Gasteiger partial charge in [-0.15, -0.1) is 0 Å². The minimum atomic E-state index is 0. The van der Waals surface area contributed by atoms with Crippen molar-refractivity contribution in [3.8, 4) is 0 Å². The van der Waals surface area contributed by atoms with Gasteiger partial charge in [-0.1, -0.05) is 12.8 Å². The van der Waals surface area contributed by atoms with E-state index in [1.165, 1.54) is 64.7 Å². The normalized spacial score (nSPS) is 44.7. The van der Waals surface area contributed by atoms with Gasteiger partial charge in [0.05, 0.1) is 0 Å². The van der Waals surface area contributed by atoms with E-state index < -0.39 is 0 Å². The second-order valence-corrected chi connectivity index (χ2v) is 6.87. The van der Waals surface area contributed by atoms with E-state index >= 15 is 0 Å². The third-order valence-corrected chi connectivity index (χ3v) is 5.96. The summed E-state index contributed by atoms with van der Waals surface area (Å²) in [6.07, 6.45) is 10.5. The quantitative estimate of drug-likeness (QED) is 0.655. The van der Waals surface area contributed by atoms with E-state index in [2.05, 4.69) is 9.80 Å². The van der Waals surface area contributed by atoms with Crippen molar-refractivity contribution in [2.75, 3.05) is 26.2 Å². The molecule has 3 nitrogen and oxygen atoms in total. The fourth-order valence-corrected chi connectivity index (χ4v) is 5.25. The average Bonchev–Trinajstić information content (AvgIpc) is 2.39. The molecule has 4 fully saturated rings. The Morgan fingerprint density at radius 2 is 1.17 bits per heavy atom. The average molecular weight is 252 g/mol. The zero-order valence-electron chi connectivity index (χ0n) is 11.5. The van der Waals surface area contributed by atoms with Crippen LogP contribution in [0.2, 0.25) is 0 Å². The molecule has 4 aliphatic heterocycles. The molecule has 4 aliphatic rings. The maximum Gasteiger partial charge on any atom is 0.0136 e. The molecular weight excluding hydrogens is 224 g/mol. The van der Waals surface area contributed by atoms with Gasteiger partial charge < -0.3 is 5.48 Å². The first-order valence-corrected chi connectivity index (χ1v) is 7.90. The molecule has 4 rings (SSSR count). The molecule has 0 aromatic carbocycles. The zero-order valence-corrected chi connectivity index (χ0v) is 11.5. The highest BCUT2D eigenvalue weighted by molar-refractivity contribution is 5.00. The van der Waals surface area contributed by atoms with Gasteiger partial charge in [-0.05, 0) is 57.0 Å². The SMILES string of the molecule is C1CCN2C[C@@H]3C[C@@H](CN4CCCC[C@@H]34)[C@H]2C1.O. The summed E-state index contributed by atoms with van der Waals surface area (Å²) in [7, 11) is 0. The van der Waals surface area contributed by atoms with Crippen LogP contribution in [0.3, 0.4) is 0 Å². The van der Waals surface area contributed by atoms with Gasteiger partial charge in [0.25, 0.3) is 0 Å². The molecule has 0 radical (unpaired) electrons. The first kappa shape index (κ1) is 12.9. The lowest BCUT2D eigenvalue weighted by Crippen LogP contribution is -2.63. The van der Waals surface area contributed by atoms with Crippen LogP contribution in [0.5, 0.6) is 0 Å². The molecule has 0 aromatic heterocycles. The van der Waals surface area contributed by atoms with E-state index in [1.54, 1.807) is 6.42 Å². The molecule has 0 amide bonds. The molecule has 0 unspecified atom stereocenters. The van der Waals surface area contributed by atoms with Gasteiger partial charge in [-0.2, -0.15) is 0 Å². The van der Waals surface area contributed by atoms with Crippen LogP contribution in [0.25, 0.3) is 0 Å². The maximum atomic E-state index is 2.87. The summed E-state index contributed by atoms with van der Waals surface area (Å²) in [4.78, 5) is 5.74. The molecule has 4 heterocycles. The van der Waals surface area contributed by atoms with E-state index in [0.717, 1.165) is 23.9 Å². The largest absolute Gasteiger partial charge is 0.412 e. The topological polar surface area (TPSA) is 38.0 Å². The molecular formula is C15H28N2O. The van der Waals surface area contributed by atoms with Gasteiger partial charge in [-0.3, -0.25) is 9.80 Å². The van der Waals surface area contributed by atoms with E-state index in [0.29, 0.717) is 0 Å². The monoisotopic (exact) mass is 252 g/mol. The fraction of sp³-hybridized carbons (Fsp3) is 1.00. The van der Waals surface area contributed by atoms with Crippen molar-refractivity contribution in [2.45, 2.75) is 57.0 Å². The van der Waals surface area contributed by atoms with Crippen molar-refractivity contribution in [1.29, 1.82) is 0 Å². The molecule has 3 heteroatoms. The third-order valence-electron chi connectivity index (χ3n) is 5.96. The molecule has 0 aromatic rings. The van der Waals surface area contributed by atoms with Gasteiger partial charge in [0.1, 0.15) is 0 Å². The van der Waals surface area contributed by atoms with Crippen LogP contribution in [0.4, 0.5) is 0 Å². The Morgan fingerprint density at radius 3 is 1.67 bits per heavy atom. The zero-order chi connectivity index (χ0) is 11.2. The lowest BCUT2D eigenvalue weighted by atomic mass is 9.71. The van der Waals surface area contributed by atoms with Crippen LogP contribution < -0.4 is 0 Å². The van der Waals surface area contributed by atoms with Crippen LogP contribution in [-0.2, 0) is 0 Å². The van der Waals surface area contributed by atoms with Gasteiger partial charge in [0, 0.05) is 25.2 Å². The van der Waals surface area contributed by atoms with Gasteiger partial charge in [0.15, 0.2) is 0 Å². The minimum absolute atomic E-state index is 0. The first-order valence-electron chi connectivity index (χ1n) is 7.90. The Balaban J connectivity index is 0.000001000. The lowest BCUT2D eigenvalue weighted by Gasteiger charge is -2.57. The number of nitrogens with zero attached hydrogens (tertiary/aromatic N) is 2. The number of rotatable bonds is 0. The van der Waals surface area contributed by atoms with Crippen molar-refractivity contribution in [3.63, 3.8) is 0 Å². The van der Waals surface area contributed by atoms with Crippen molar-refractivity contribution < 1.29 is 5.48 Å². The standard InChI is InChI=1S/C15H26N2.H2O/c1-3-7-16-11-13-9-12(14(16)5-1)10-17-8-4-2-6-15(13)17;/h12-15H,1-11H2;1H2/t12-,13-,14-,15+;/m0./s1. The van der Waals surface area contributed by atoms with Gasteiger partial charge >= 0.3 is 0 Å². The van der Waals surface area contributed by atoms with Gasteiger partial charge in [-0.25, -0.2) is 0 Å². The fourth-order valence-electron chi connectivity index (χ4n) is 5.25. The second-order valence-electron chi connectivity index (χ2n) is 6.87. The van der Waals surface area contributed by atoms with E-state index in [9.17, 15) is 0 Å². The molecule has 0 spiro atoms. The predicted octanol–water partition coefficient (Wildman–Crippen LogP) is 1.52. The van der Waals surface area contributed by atoms with E-state index in [4.69, 9.17) is 0 Å². The van der Waals surface area contributed by atoms with Crippen LogP contribution >= 0.6 is 0 Å². The second kappa shape index (κ2) is 5.10. The lowest BCUT2D eigenvalue weighted by molar-refractivity contribution is -0.0718. The Bertz CT molecular complexity index is 268. The Hall–Kier alpha value is -0.120. The Morgan fingerprint density at radius 1 is 0.667 bits per heavy atom. The highest BCUT2D eigenvalue weighted by Crippen LogP contribution is 2.42. The predicted molar refractivity (Wildman–Crippen MR) is 73.6 cm³/mol. The highest BCUT2D eigenvalue weighted by atomic mass is 16.0. The Labute approximate surface area is 111 Å². The smallest absolute Gasteiger partial charge is 0.0136 e. The molecule has 0 saturated carbocycles. The van der Waals surface area contributed by atoms with E-state index in [-0.39, 0.29) is 5.48 Å². The van der Waals surface area contributed by atoms with E-state index in [1.807, 2.05) is 0 Å². The summed E-state index contributed by atoms with van der Waals surface area (Å²) >= 11 is 0. The number of piperidine rings is 4. The van der Waals surface area contributed by atoms with Crippen molar-refractivity contribution in [1.82, 2.24) is 9.80 Å². The van der Waals surface area contributed by atoms with Crippen molar-refractivity contribution in [2.24, 2.45) is 11.8 Å². The molecule has 2 bridgehead atoms. The minimum Gasteiger partial charge on any atom is -0.412 e. The first-order chi connectivity index (χ1) is 8.42. The summed E-state index contributed by atoms with van der Waals surface area (Å²) < 4.78 is 0. The number of fused-ring (bicyclic) bond motifs is 6. The third kappa shape index (κ3) is 2.00. The van der Waals surface area contributed by atoms with Crippen LogP contribution in [0.1, 0.15) is 44.9 Å². The molecule has 104 valence electrons. The summed E-state index contributed by atoms with van der Waals surface area (Å²) in [5, 5.41) is 0. The summed E-state index contributed by atoms with van der Waals surface area (Å²) in [6.45, 7) is 5.68. The molecule has 0 aliphatic carbocycles. The summed E-state index contributed by atoms with van der Waals surface area (Å²) in [5.41, 5.74) is 0. The van der Waals surface area contributed by atoms with Crippen LogP contribution in [0.15, 0.2) is 0 Å². The molecule has 18 heavy (non-hydrogen) atoms. The summed E-state index contributed by atoms with van der Waals surface area (Å²) in [5.74, 6) is 2.03. The van der Waals surface area contributed by atoms with Gasteiger partial charge in [0.2, 0.25) is 0 Å². The van der Waals surface area contributed by atoms with Crippen LogP contribution in [0, 0.1) is 11.8 Å². The number of hydrogen-bond acceptors (Lipinski definition) is 2. The molecule has 2 N–H and O–H groups in total. The Kier molecular flexibility index (Phi) is 3.65. The van der Waals surface area contributed by atoms with Crippen molar-refractivity contribution in [3.05, 3.63) is 0 Å². The molecule has 4 saturated heterocycles. The van der Waals surface area contributed by atoms with Crippen LogP contribution in [-0.4, -0.2) is 53.5 Å². The van der Waals surface area contributed by atoms with Crippen molar-refractivity contribution >= 4 is 0 Å². The maximum absolute atomic E-state index is 2.87. The highest BCUT2D eigenvalue weighted by Gasteiger charge is 2.46. The summed E-state index contributed by atoms with van der Waals surface area (Å²) in [6, 6.07) is 1.92. The number of hydrogen-bond donors (Lipinski definition) is 0. The molecule has 4 atom stereocenters.